The maximum absolute atomic E-state index is 16.4. The van der Waals surface area contributed by atoms with Crippen LogP contribution in [-0.2, 0) is 54.6 Å². The van der Waals surface area contributed by atoms with Crippen LogP contribution in [0.3, 0.4) is 0 Å². The number of aliphatic hydroxyl groups is 2. The lowest BCUT2D eigenvalue weighted by molar-refractivity contribution is -0.149. The van der Waals surface area contributed by atoms with Crippen molar-refractivity contribution in [2.24, 2.45) is 17.8 Å². The van der Waals surface area contributed by atoms with E-state index in [1.54, 1.807) is 77.5 Å². The Kier molecular flexibility index (Phi) is 14.7. The van der Waals surface area contributed by atoms with Gasteiger partial charge in [0.25, 0.3) is 0 Å². The van der Waals surface area contributed by atoms with Crippen molar-refractivity contribution in [3.63, 3.8) is 0 Å². The number of phenols is 3. The molecule has 0 spiro atoms. The van der Waals surface area contributed by atoms with Gasteiger partial charge in [0.1, 0.15) is 5.75 Å². The van der Waals surface area contributed by atoms with E-state index < -0.39 is 35.4 Å². The van der Waals surface area contributed by atoms with Gasteiger partial charge in [0.2, 0.25) is 0 Å². The van der Waals surface area contributed by atoms with Crippen molar-refractivity contribution in [2.75, 3.05) is 19.9 Å². The minimum Gasteiger partial charge on any atom is -0.670 e. The summed E-state index contributed by atoms with van der Waals surface area (Å²) < 4.78 is 12.4. The van der Waals surface area contributed by atoms with Gasteiger partial charge in [0, 0.05) is 36.0 Å². The highest BCUT2D eigenvalue weighted by Crippen LogP contribution is 2.51. The quantitative estimate of drug-likeness (QED) is 0.0684. The van der Waals surface area contributed by atoms with Crippen LogP contribution in [0.15, 0.2) is 97.3 Å². The van der Waals surface area contributed by atoms with Crippen LogP contribution in [0.5, 0.6) is 28.7 Å². The van der Waals surface area contributed by atoms with Gasteiger partial charge in [-0.3, -0.25) is 4.79 Å². The number of ether oxygens (including phenoxy) is 2. The number of aryl methyl sites for hydroxylation is 1. The van der Waals surface area contributed by atoms with Crippen LogP contribution < -0.4 is 19.8 Å². The van der Waals surface area contributed by atoms with Crippen molar-refractivity contribution >= 4 is 38.1 Å². The molecule has 1 aliphatic heterocycles. The highest BCUT2D eigenvalue weighted by atomic mass is 33.1. The Bertz CT molecular complexity index is 2740. The number of fused-ring (bicyclic) bond motifs is 2. The topological polar surface area (TPSA) is 163 Å². The van der Waals surface area contributed by atoms with E-state index in [0.29, 0.717) is 59.9 Å². The van der Waals surface area contributed by atoms with Crippen LogP contribution in [0.2, 0.25) is 0 Å². The van der Waals surface area contributed by atoms with E-state index >= 15 is 4.79 Å². The van der Waals surface area contributed by atoms with Crippen LogP contribution in [0.25, 0.3) is 10.8 Å². The summed E-state index contributed by atoms with van der Waals surface area (Å²) in [6.07, 6.45) is 7.31. The van der Waals surface area contributed by atoms with Crippen LogP contribution in [-0.4, -0.2) is 69.5 Å². The van der Waals surface area contributed by atoms with Gasteiger partial charge in [-0.15, -0.1) is 0 Å². The third kappa shape index (κ3) is 9.59. The first-order valence-corrected chi connectivity index (χ1v) is 26.6. The summed E-state index contributed by atoms with van der Waals surface area (Å²) in [4.78, 5) is 20.8. The van der Waals surface area contributed by atoms with Crippen molar-refractivity contribution in [2.45, 2.75) is 107 Å². The minimum absolute atomic E-state index is 0.00560. The van der Waals surface area contributed by atoms with Gasteiger partial charge in [-0.25, -0.2) is 0 Å². The molecule has 2 saturated carbocycles. The Morgan fingerprint density at radius 3 is 2.46 bits per heavy atom. The van der Waals surface area contributed by atoms with Gasteiger partial charge in [0.05, 0.1) is 30.8 Å². The molecular weight excluding hydrogens is 893 g/mol. The number of carbonyl (C=O) groups excluding carboxylic acids is 1. The van der Waals surface area contributed by atoms with Gasteiger partial charge in [0.15, 0.2) is 28.8 Å². The molecule has 0 amide bonds. The number of aromatic nitrogens is 1. The molecule has 9 rings (SSSR count). The van der Waals surface area contributed by atoms with Gasteiger partial charge in [-0.05, 0) is 157 Å². The number of hydrogen-bond donors (Lipinski definition) is 6. The first-order valence-electron chi connectivity index (χ1n) is 24.1. The second-order valence-corrected chi connectivity index (χ2v) is 21.7. The molecule has 0 unspecified atom stereocenters. The first kappa shape index (κ1) is 47.9. The van der Waals surface area contributed by atoms with Crippen molar-refractivity contribution in [3.8, 4) is 28.7 Å². The van der Waals surface area contributed by atoms with Crippen molar-refractivity contribution in [1.29, 1.82) is 0 Å². The third-order valence-corrected chi connectivity index (χ3v) is 17.4. The fraction of sp³-hybridized carbons (Fsp3) is 0.411. The zero-order valence-corrected chi connectivity index (χ0v) is 40.8. The lowest BCUT2D eigenvalue weighted by atomic mass is 9.55. The molecule has 358 valence electrons. The average Bonchev–Trinajstić information content (AvgIpc) is 4.05. The molecule has 6 aromatic rings. The zero-order valence-electron chi connectivity index (χ0n) is 39.1. The Balaban J connectivity index is 1.21. The number of benzene rings is 5. The molecule has 2 aliphatic carbocycles. The Morgan fingerprint density at radius 1 is 0.868 bits per heavy atom. The van der Waals surface area contributed by atoms with E-state index in [-0.39, 0.29) is 42.0 Å². The smallest absolute Gasteiger partial charge is 0.164 e. The molecule has 2 heterocycles. The summed E-state index contributed by atoms with van der Waals surface area (Å²) in [6.45, 7) is 2.58. The molecule has 0 saturated heterocycles. The Morgan fingerprint density at radius 2 is 1.69 bits per heavy atom. The second kappa shape index (κ2) is 20.9. The minimum atomic E-state index is -1.61. The van der Waals surface area contributed by atoms with Crippen LogP contribution in [0.1, 0.15) is 89.1 Å². The fourth-order valence-corrected chi connectivity index (χ4v) is 14.1. The summed E-state index contributed by atoms with van der Waals surface area (Å²) in [6, 6.07) is 26.6. The number of rotatable bonds is 11. The van der Waals surface area contributed by atoms with E-state index in [1.807, 2.05) is 25.2 Å². The Hall–Kier alpha value is -5.11. The molecule has 2 fully saturated rings. The number of carbonyl (C=O) groups is 1. The Labute approximate surface area is 407 Å². The van der Waals surface area contributed by atoms with Crippen molar-refractivity contribution in [3.05, 3.63) is 147 Å². The van der Waals surface area contributed by atoms with E-state index in [9.17, 15) is 25.5 Å². The normalized spacial score (nSPS) is 23.7. The first-order chi connectivity index (χ1) is 33.0. The number of ketones is 1. The molecule has 6 N–H and O–H groups in total. The molecule has 5 aromatic carbocycles. The molecule has 10 nitrogen and oxygen atoms in total. The van der Waals surface area contributed by atoms with Gasteiger partial charge >= 0.3 is 0 Å². The van der Waals surface area contributed by atoms with E-state index in [1.165, 1.54) is 22.1 Å². The SMILES string of the molecule is CCc1ccc2cccc3c2c1Cc1c(ccc(O)c1OC)C[C@@H](Cc1cc[n-]c1)[C@H](O)[C@@H]1C(=O)[C@@](Cc2ccc(O)c(OC4CCCC4)c2)(c2cc(O)cc(CNC)c2)[C@@H](O)C[C@H]1CSSC3. The summed E-state index contributed by atoms with van der Waals surface area (Å²) in [7, 11) is 6.77. The number of aliphatic hydroxyl groups excluding tert-OH is 2. The van der Waals surface area contributed by atoms with E-state index in [0.717, 1.165) is 59.7 Å². The summed E-state index contributed by atoms with van der Waals surface area (Å²) in [5, 5.41) is 65.6. The summed E-state index contributed by atoms with van der Waals surface area (Å²) >= 11 is 0. The molecule has 0 radical (unpaired) electrons. The standard InChI is InChI=1S/C56H63N2O8S2/c1-4-36-13-14-37-8-7-9-39-31-67-68-32-41-25-50(62)56(42-21-35(29-57-2)22-43(59)26-42,28-33-12-16-47(60)49(23-33)66-44-10-5-6-11-44)55(64)52(41)53(63)40(20-34-18-19-58-30-34)24-38-15-17-48(61)54(65-3)46(38)27-45(36)51(37)39/h7-9,12-19,21-23,26,30,40-41,44,50,52-53,57,59-63H,4-6,10-11,20,24-25,27-29,31-32H2,1-3H3/q-1/t40-,41+,50+,52-,53+,56+/m1/s1. The van der Waals surface area contributed by atoms with Crippen molar-refractivity contribution < 1.29 is 39.8 Å². The number of aromatic hydroxyl groups is 3. The van der Waals surface area contributed by atoms with Crippen LogP contribution in [0.4, 0.5) is 0 Å². The number of methoxy groups -OCH3 is 1. The fourth-order valence-electron chi connectivity index (χ4n) is 11.6. The monoisotopic (exact) mass is 955 g/mol. The van der Waals surface area contributed by atoms with Gasteiger partial charge in [-0.2, -0.15) is 12.4 Å². The maximum Gasteiger partial charge on any atom is 0.164 e. The lowest BCUT2D eigenvalue weighted by Gasteiger charge is -2.49. The highest BCUT2D eigenvalue weighted by Gasteiger charge is 2.57. The molecule has 0 bridgehead atoms. The van der Waals surface area contributed by atoms with Gasteiger partial charge in [-0.1, -0.05) is 88.7 Å². The van der Waals surface area contributed by atoms with E-state index in [2.05, 4.69) is 47.6 Å². The number of Topliss-reactive ketones (excluding diaryl/α,β-unsaturated/α-hetero) is 1. The number of nitrogens with zero attached hydrogens (tertiary/aromatic N) is 1. The number of hydrogen-bond acceptors (Lipinski definition) is 11. The molecule has 3 aliphatic rings. The molecule has 6 atom stereocenters. The van der Waals surface area contributed by atoms with E-state index in [4.69, 9.17) is 9.47 Å². The predicted molar refractivity (Wildman–Crippen MR) is 271 cm³/mol. The maximum atomic E-state index is 16.4. The number of phenolic OH excluding ortho intramolecular Hbond substituents is 3. The van der Waals surface area contributed by atoms with Crippen LogP contribution >= 0.6 is 21.6 Å². The highest BCUT2D eigenvalue weighted by molar-refractivity contribution is 8.76. The second-order valence-electron chi connectivity index (χ2n) is 19.2. The third-order valence-electron chi connectivity index (χ3n) is 15.0. The molecular formula is C56H63N2O8S2-. The zero-order chi connectivity index (χ0) is 47.5. The average molecular weight is 956 g/mol. The van der Waals surface area contributed by atoms with Crippen molar-refractivity contribution in [1.82, 2.24) is 10.3 Å². The molecule has 68 heavy (non-hydrogen) atoms. The number of nitrogens with one attached hydrogen (secondary N) is 1. The molecule has 1 aromatic heterocycles. The molecule has 12 heteroatoms. The largest absolute Gasteiger partial charge is 0.670 e. The summed E-state index contributed by atoms with van der Waals surface area (Å²) in [5.74, 6) is -0.279. The lowest BCUT2D eigenvalue weighted by Crippen LogP contribution is -2.61. The summed E-state index contributed by atoms with van der Waals surface area (Å²) in [5.41, 5.74) is 6.49. The van der Waals surface area contributed by atoms with Crippen LogP contribution in [0, 0.1) is 17.8 Å². The van der Waals surface area contributed by atoms with Gasteiger partial charge < -0.3 is 45.3 Å². The predicted octanol–water partition coefficient (Wildman–Crippen LogP) is 9.52.